The molecule has 3 rings (SSSR count). The normalized spacial score (nSPS) is 15.8. The van der Waals surface area contributed by atoms with E-state index in [0.717, 1.165) is 6.54 Å². The summed E-state index contributed by atoms with van der Waals surface area (Å²) in [5.41, 5.74) is 0. The van der Waals surface area contributed by atoms with Crippen molar-refractivity contribution >= 4 is 21.4 Å². The largest absolute Gasteiger partial charge is 0.447 e. The van der Waals surface area contributed by atoms with E-state index in [9.17, 15) is 8.42 Å². The Labute approximate surface area is 135 Å². The van der Waals surface area contributed by atoms with Gasteiger partial charge < -0.3 is 4.42 Å². The van der Waals surface area contributed by atoms with Gasteiger partial charge in [-0.1, -0.05) is 6.07 Å². The Morgan fingerprint density at radius 3 is 2.59 bits per heavy atom. The fourth-order valence-corrected chi connectivity index (χ4v) is 3.86. The average Bonchev–Trinajstić information content (AvgIpc) is 2.98. The van der Waals surface area contributed by atoms with Crippen molar-refractivity contribution in [3.05, 3.63) is 40.3 Å². The third-order valence-corrected chi connectivity index (χ3v) is 6.28. The van der Waals surface area contributed by atoms with E-state index in [1.807, 2.05) is 0 Å². The van der Waals surface area contributed by atoms with Crippen LogP contribution < -0.4 is 0 Å². The van der Waals surface area contributed by atoms with Crippen LogP contribution in [0.15, 0.2) is 39.2 Å². The van der Waals surface area contributed by atoms with Crippen LogP contribution in [0.3, 0.4) is 0 Å². The number of hydrogen-bond donors (Lipinski definition) is 0. The molecule has 2 heterocycles. The molecule has 120 valence electrons. The molecule has 1 fully saturated rings. The zero-order valence-corrected chi connectivity index (χ0v) is 14.4. The van der Waals surface area contributed by atoms with Crippen molar-refractivity contribution in [3.63, 3.8) is 0 Å². The Balaban J connectivity index is 1.73. The van der Waals surface area contributed by atoms with Crippen LogP contribution in [0.5, 0.6) is 0 Å². The first-order valence-corrected chi connectivity index (χ1v) is 9.56. The summed E-state index contributed by atoms with van der Waals surface area (Å²) in [6.45, 7) is 1.53. The number of hydrogen-bond acceptors (Lipinski definition) is 5. The molecule has 1 saturated carbocycles. The first kappa shape index (κ1) is 15.7. The van der Waals surface area contributed by atoms with Crippen molar-refractivity contribution in [2.45, 2.75) is 37.1 Å². The first-order valence-electron chi connectivity index (χ1n) is 7.24. The molecule has 7 heteroatoms. The van der Waals surface area contributed by atoms with E-state index in [4.69, 9.17) is 4.42 Å². The summed E-state index contributed by atoms with van der Waals surface area (Å²) < 4.78 is 30.8. The molecule has 2 aromatic heterocycles. The van der Waals surface area contributed by atoms with Crippen molar-refractivity contribution in [2.24, 2.45) is 0 Å². The van der Waals surface area contributed by atoms with Gasteiger partial charge in [-0.25, -0.2) is 12.7 Å². The number of sulfonamides is 1. The number of nitrogens with zero attached hydrogens (tertiary/aromatic N) is 2. The number of rotatable bonds is 7. The first-order chi connectivity index (χ1) is 10.5. The van der Waals surface area contributed by atoms with Crippen molar-refractivity contribution < 1.29 is 12.8 Å². The lowest BCUT2D eigenvalue weighted by molar-refractivity contribution is 0.220. The summed E-state index contributed by atoms with van der Waals surface area (Å²) in [6, 6.07) is 8.08. The molecule has 0 aromatic carbocycles. The Morgan fingerprint density at radius 1 is 1.23 bits per heavy atom. The molecule has 0 N–H and O–H groups in total. The van der Waals surface area contributed by atoms with E-state index >= 15 is 0 Å². The molecule has 0 atom stereocenters. The van der Waals surface area contributed by atoms with E-state index in [-0.39, 0.29) is 5.09 Å². The highest BCUT2D eigenvalue weighted by Gasteiger charge is 2.30. The molecule has 0 aliphatic heterocycles. The second-order valence-corrected chi connectivity index (χ2v) is 8.84. The van der Waals surface area contributed by atoms with Gasteiger partial charge in [-0.05, 0) is 36.4 Å². The predicted molar refractivity (Wildman–Crippen MR) is 86.2 cm³/mol. The van der Waals surface area contributed by atoms with E-state index in [0.29, 0.717) is 18.3 Å². The molecule has 5 nitrogen and oxygen atoms in total. The molecule has 0 bridgehead atoms. The zero-order chi connectivity index (χ0) is 15.7. The van der Waals surface area contributed by atoms with Crippen molar-refractivity contribution in [1.82, 2.24) is 9.21 Å². The fraction of sp³-hybridized carbons (Fsp3) is 0.467. The quantitative estimate of drug-likeness (QED) is 0.778. The van der Waals surface area contributed by atoms with Crippen LogP contribution in [-0.2, 0) is 23.1 Å². The average molecular weight is 340 g/mol. The van der Waals surface area contributed by atoms with Gasteiger partial charge in [-0.15, -0.1) is 11.3 Å². The van der Waals surface area contributed by atoms with Gasteiger partial charge in [-0.3, -0.25) is 4.90 Å². The second-order valence-electron chi connectivity index (χ2n) is 5.72. The van der Waals surface area contributed by atoms with Crippen LogP contribution in [0, 0.1) is 0 Å². The topological polar surface area (TPSA) is 53.8 Å². The van der Waals surface area contributed by atoms with Gasteiger partial charge in [0, 0.05) is 31.6 Å². The van der Waals surface area contributed by atoms with E-state index in [1.54, 1.807) is 23.5 Å². The minimum atomic E-state index is -3.50. The molecule has 0 saturated heterocycles. The SMILES string of the molecule is CN(C)S(=O)(=O)c1ccc(CN(Cc2cccs2)C2CC2)o1. The Morgan fingerprint density at radius 2 is 2.00 bits per heavy atom. The number of furan rings is 1. The second kappa shape index (κ2) is 6.16. The van der Waals surface area contributed by atoms with Crippen LogP contribution in [0.25, 0.3) is 0 Å². The minimum Gasteiger partial charge on any atom is -0.447 e. The van der Waals surface area contributed by atoms with E-state index in [1.165, 1.54) is 36.1 Å². The zero-order valence-electron chi connectivity index (χ0n) is 12.7. The molecule has 0 radical (unpaired) electrons. The summed E-state index contributed by atoms with van der Waals surface area (Å²) >= 11 is 1.75. The molecule has 1 aliphatic rings. The Kier molecular flexibility index (Phi) is 4.40. The fourth-order valence-electron chi connectivity index (χ4n) is 2.32. The van der Waals surface area contributed by atoms with Gasteiger partial charge in [0.25, 0.3) is 10.0 Å². The molecule has 22 heavy (non-hydrogen) atoms. The summed E-state index contributed by atoms with van der Waals surface area (Å²) in [6.07, 6.45) is 2.41. The van der Waals surface area contributed by atoms with Gasteiger partial charge in [0.1, 0.15) is 5.76 Å². The van der Waals surface area contributed by atoms with Crippen LogP contribution in [-0.4, -0.2) is 37.8 Å². The number of thiophene rings is 1. The predicted octanol–water partition coefficient (Wildman–Crippen LogP) is 2.76. The maximum atomic E-state index is 12.1. The third-order valence-electron chi connectivity index (χ3n) is 3.73. The highest BCUT2D eigenvalue weighted by Crippen LogP contribution is 2.31. The lowest BCUT2D eigenvalue weighted by Crippen LogP contribution is -2.24. The van der Waals surface area contributed by atoms with Crippen molar-refractivity contribution in [1.29, 1.82) is 0 Å². The minimum absolute atomic E-state index is 0.0133. The van der Waals surface area contributed by atoms with E-state index < -0.39 is 10.0 Å². The lowest BCUT2D eigenvalue weighted by Gasteiger charge is -2.19. The maximum absolute atomic E-state index is 12.1. The standard InChI is InChI=1S/C15H20N2O3S2/c1-16(2)22(18,19)15-8-7-13(20-15)10-17(12-5-6-12)11-14-4-3-9-21-14/h3-4,7-9,12H,5-6,10-11H2,1-2H3. The molecular formula is C15H20N2O3S2. The van der Waals surface area contributed by atoms with Crippen molar-refractivity contribution in [3.8, 4) is 0 Å². The van der Waals surface area contributed by atoms with Crippen LogP contribution >= 0.6 is 11.3 Å². The molecule has 2 aromatic rings. The highest BCUT2D eigenvalue weighted by atomic mass is 32.2. The van der Waals surface area contributed by atoms with Gasteiger partial charge in [0.05, 0.1) is 6.54 Å². The van der Waals surface area contributed by atoms with Crippen LogP contribution in [0.1, 0.15) is 23.5 Å². The summed E-state index contributed by atoms with van der Waals surface area (Å²) in [5, 5.41) is 2.09. The lowest BCUT2D eigenvalue weighted by atomic mass is 10.3. The van der Waals surface area contributed by atoms with Gasteiger partial charge in [0.2, 0.25) is 5.09 Å². The van der Waals surface area contributed by atoms with Crippen molar-refractivity contribution in [2.75, 3.05) is 14.1 Å². The van der Waals surface area contributed by atoms with Gasteiger partial charge in [-0.2, -0.15) is 0 Å². The third kappa shape index (κ3) is 3.43. The summed E-state index contributed by atoms with van der Waals surface area (Å²) in [7, 11) is -0.487. The Hall–Kier alpha value is -1.15. The highest BCUT2D eigenvalue weighted by molar-refractivity contribution is 7.88. The maximum Gasteiger partial charge on any atom is 0.275 e. The molecule has 0 amide bonds. The molecular weight excluding hydrogens is 320 g/mol. The molecule has 0 spiro atoms. The van der Waals surface area contributed by atoms with Crippen LogP contribution in [0.2, 0.25) is 0 Å². The van der Waals surface area contributed by atoms with Crippen LogP contribution in [0.4, 0.5) is 0 Å². The summed E-state index contributed by atoms with van der Waals surface area (Å²) in [4.78, 5) is 3.68. The molecule has 1 aliphatic carbocycles. The summed E-state index contributed by atoms with van der Waals surface area (Å²) in [5.74, 6) is 0.698. The van der Waals surface area contributed by atoms with E-state index in [2.05, 4.69) is 22.4 Å². The Bertz CT molecular complexity index is 716. The monoisotopic (exact) mass is 340 g/mol. The smallest absolute Gasteiger partial charge is 0.275 e. The molecule has 0 unspecified atom stereocenters. The van der Waals surface area contributed by atoms with Gasteiger partial charge >= 0.3 is 0 Å². The van der Waals surface area contributed by atoms with Gasteiger partial charge in [0.15, 0.2) is 0 Å².